The Balaban J connectivity index is 0.000000206. The molecule has 3 heterocycles. The Morgan fingerprint density at radius 2 is 1.51 bits per heavy atom. The largest absolute Gasteiger partial charge is 0.500 e. The van der Waals surface area contributed by atoms with Crippen molar-refractivity contribution in [2.45, 2.75) is 40.9 Å². The Morgan fingerprint density at radius 1 is 0.723 bits per heavy atom. The number of pyridine rings is 2. The molecule has 0 N–H and O–H groups in total. The third kappa shape index (κ3) is 6.63. The second-order valence-corrected chi connectivity index (χ2v) is 12.3. The van der Waals surface area contributed by atoms with Crippen molar-refractivity contribution >= 4 is 43.5 Å². The van der Waals surface area contributed by atoms with Crippen molar-refractivity contribution in [1.82, 2.24) is 9.97 Å². The average Bonchev–Trinajstić information content (AvgIpc) is 3.53. The van der Waals surface area contributed by atoms with Gasteiger partial charge in [0.15, 0.2) is 0 Å². The summed E-state index contributed by atoms with van der Waals surface area (Å²) < 4.78 is 53.9. The first-order valence-electron chi connectivity index (χ1n) is 18.4. The van der Waals surface area contributed by atoms with Gasteiger partial charge in [-0.05, 0) is 64.2 Å². The average molecular weight is 795 g/mol. The summed E-state index contributed by atoms with van der Waals surface area (Å²) in [7, 11) is 0. The van der Waals surface area contributed by atoms with Crippen molar-refractivity contribution in [2.75, 3.05) is 0 Å². The quantitative estimate of drug-likeness (QED) is 0.132. The summed E-state index contributed by atoms with van der Waals surface area (Å²) in [6.07, 6.45) is 1.57. The van der Waals surface area contributed by atoms with Gasteiger partial charge >= 0.3 is 0 Å². The van der Waals surface area contributed by atoms with E-state index in [1.54, 1.807) is 12.3 Å². The molecule has 47 heavy (non-hydrogen) atoms. The third-order valence-electron chi connectivity index (χ3n) is 7.82. The van der Waals surface area contributed by atoms with Crippen molar-refractivity contribution in [3.05, 3.63) is 144 Å². The first-order chi connectivity index (χ1) is 24.8. The minimum absolute atomic E-state index is 0. The van der Waals surface area contributed by atoms with Gasteiger partial charge in [0.05, 0.1) is 5.58 Å². The van der Waals surface area contributed by atoms with Crippen LogP contribution in [0.4, 0.5) is 0 Å². The molecule has 1 radical (unpaired) electrons. The second kappa shape index (κ2) is 13.2. The minimum Gasteiger partial charge on any atom is -0.500 e. The number of rotatable bonds is 3. The Labute approximate surface area is 298 Å². The zero-order valence-electron chi connectivity index (χ0n) is 32.3. The first-order valence-corrected chi connectivity index (χ1v) is 15.2. The fourth-order valence-corrected chi connectivity index (χ4v) is 5.72. The molecule has 0 atom stereocenters. The van der Waals surface area contributed by atoms with Gasteiger partial charge in [0.1, 0.15) is 5.58 Å². The van der Waals surface area contributed by atoms with E-state index >= 15 is 0 Å². The van der Waals surface area contributed by atoms with Gasteiger partial charge in [-0.1, -0.05) is 104 Å². The summed E-state index contributed by atoms with van der Waals surface area (Å²) >= 11 is 0. The maximum Gasteiger partial charge on any atom is 0.129 e. The number of hydrogen-bond donors (Lipinski definition) is 0. The summed E-state index contributed by atoms with van der Waals surface area (Å²) in [5, 5.41) is 6.38. The fraction of sp³-hybridized carbons (Fsp3) is 0.163. The Hall–Kier alpha value is -4.63. The number of hydrogen-bond acceptors (Lipinski definition) is 3. The predicted octanol–water partition coefficient (Wildman–Crippen LogP) is 11.5. The van der Waals surface area contributed by atoms with E-state index in [1.165, 1.54) is 6.20 Å². The van der Waals surface area contributed by atoms with E-state index in [-0.39, 0.29) is 32.6 Å². The molecule has 3 nitrogen and oxygen atoms in total. The Bertz CT molecular complexity index is 2560. The SMILES string of the molecule is [2H]C([2H])(c1ccc(-c2[c-]cccc2)nc1)C(C)(C)C.[2H]Cc1cc(-c2[c-]ccc3c2oc2c3ccc3ccc4ccccc4c32)ncc1C([2H])([2H])[2H].[Ir]. The third-order valence-corrected chi connectivity index (χ3v) is 7.82. The van der Waals surface area contributed by atoms with Crippen LogP contribution in [-0.2, 0) is 26.5 Å². The zero-order chi connectivity index (χ0) is 36.8. The van der Waals surface area contributed by atoms with Crippen molar-refractivity contribution < 1.29 is 32.7 Å². The van der Waals surface area contributed by atoms with Crippen molar-refractivity contribution in [3.63, 3.8) is 0 Å². The molecule has 0 aliphatic rings. The fourth-order valence-electron chi connectivity index (χ4n) is 5.72. The van der Waals surface area contributed by atoms with Crippen LogP contribution in [0, 0.1) is 31.3 Å². The van der Waals surface area contributed by atoms with E-state index in [2.05, 4.69) is 58.5 Å². The van der Waals surface area contributed by atoms with E-state index in [0.717, 1.165) is 49.2 Å². The van der Waals surface area contributed by atoms with Crippen LogP contribution in [0.5, 0.6) is 0 Å². The molecule has 0 saturated heterocycles. The summed E-state index contributed by atoms with van der Waals surface area (Å²) in [5.74, 6) is 0. The van der Waals surface area contributed by atoms with Gasteiger partial charge < -0.3 is 14.4 Å². The van der Waals surface area contributed by atoms with Crippen LogP contribution < -0.4 is 0 Å². The van der Waals surface area contributed by atoms with Crippen LogP contribution >= 0.6 is 0 Å². The standard InChI is InChI=1S/C27H18NO.C16H18N.Ir/c1-16-14-24(28-15-17(16)2)23-9-5-8-21-22-13-12-19-11-10-18-6-3-4-7-20(18)25(19)27(22)29-26(21)23;1-16(2,3)11-13-9-10-15(17-12-13)14-7-5-4-6-8-14;/h3-8,10-15H,1-2H3;4-7,9-10,12H,11H2,1-3H3;/q2*-1;/i1D,2D3;11D2;. The number of aryl methyl sites for hydroxylation is 2. The molecule has 235 valence electrons. The van der Waals surface area contributed by atoms with Crippen LogP contribution in [0.3, 0.4) is 0 Å². The molecule has 4 heteroatoms. The molecular weight excluding hydrogens is 753 g/mol. The van der Waals surface area contributed by atoms with Gasteiger partial charge in [-0.2, -0.15) is 0 Å². The molecule has 0 bridgehead atoms. The maximum absolute atomic E-state index is 8.21. The molecule has 0 aliphatic carbocycles. The van der Waals surface area contributed by atoms with Gasteiger partial charge in [0.2, 0.25) is 0 Å². The number of furan rings is 1. The summed E-state index contributed by atoms with van der Waals surface area (Å²) in [5.41, 5.74) is 5.08. The van der Waals surface area contributed by atoms with Crippen molar-refractivity contribution in [3.8, 4) is 22.5 Å². The van der Waals surface area contributed by atoms with Crippen molar-refractivity contribution in [2.24, 2.45) is 5.41 Å². The number of fused-ring (bicyclic) bond motifs is 7. The topological polar surface area (TPSA) is 38.9 Å². The van der Waals surface area contributed by atoms with Crippen LogP contribution in [-0.4, -0.2) is 9.97 Å². The minimum atomic E-state index is -2.31. The van der Waals surface area contributed by atoms with E-state index in [1.807, 2.05) is 81.4 Å². The van der Waals surface area contributed by atoms with E-state index in [9.17, 15) is 0 Å². The van der Waals surface area contributed by atoms with Gasteiger partial charge in [0.25, 0.3) is 0 Å². The summed E-state index contributed by atoms with van der Waals surface area (Å²) in [6, 6.07) is 39.8. The van der Waals surface area contributed by atoms with Crippen LogP contribution in [0.15, 0.2) is 120 Å². The molecule has 3 aromatic heterocycles. The van der Waals surface area contributed by atoms with Crippen LogP contribution in [0.25, 0.3) is 66.0 Å². The van der Waals surface area contributed by atoms with Crippen LogP contribution in [0.2, 0.25) is 0 Å². The first kappa shape index (κ1) is 25.5. The van der Waals surface area contributed by atoms with E-state index < -0.39 is 18.6 Å². The van der Waals surface area contributed by atoms with Gasteiger partial charge in [-0.25, -0.2) is 0 Å². The molecule has 0 unspecified atom stereocenters. The van der Waals surface area contributed by atoms with Gasteiger partial charge in [-0.15, -0.1) is 54.1 Å². The van der Waals surface area contributed by atoms with E-state index in [4.69, 9.17) is 12.6 Å². The normalized spacial score (nSPS) is 13.9. The maximum atomic E-state index is 8.21. The molecule has 0 saturated carbocycles. The van der Waals surface area contributed by atoms with Gasteiger partial charge in [-0.3, -0.25) is 0 Å². The monoisotopic (exact) mass is 795 g/mol. The molecule has 0 amide bonds. The van der Waals surface area contributed by atoms with Gasteiger partial charge in [0, 0.05) is 51.5 Å². The molecule has 0 fully saturated rings. The molecule has 0 aliphatic heterocycles. The predicted molar refractivity (Wildman–Crippen MR) is 192 cm³/mol. The number of benzene rings is 5. The van der Waals surface area contributed by atoms with Crippen LogP contribution in [0.1, 0.15) is 45.7 Å². The molecule has 8 aromatic rings. The summed E-state index contributed by atoms with van der Waals surface area (Å²) in [4.78, 5) is 8.78. The number of aromatic nitrogens is 2. The molecule has 5 aromatic carbocycles. The molecule has 8 rings (SSSR count). The Morgan fingerprint density at radius 3 is 2.28 bits per heavy atom. The van der Waals surface area contributed by atoms with Crippen molar-refractivity contribution in [1.29, 1.82) is 0 Å². The zero-order valence-corrected chi connectivity index (χ0v) is 28.7. The Kier molecular flexibility index (Phi) is 7.17. The van der Waals surface area contributed by atoms with E-state index in [0.29, 0.717) is 28.0 Å². The molecular formula is C43H36IrN2O-2. The smallest absolute Gasteiger partial charge is 0.129 e. The number of nitrogens with zero attached hydrogens (tertiary/aromatic N) is 2. The molecule has 0 spiro atoms. The second-order valence-electron chi connectivity index (χ2n) is 12.3. The summed E-state index contributed by atoms with van der Waals surface area (Å²) in [6.45, 7) is 3.23.